The average Bonchev–Trinajstić information content (AvgIpc) is 1.97. The molecule has 2 rings (SSSR count). The van der Waals surface area contributed by atoms with Gasteiger partial charge < -0.3 is 9.84 Å². The van der Waals surface area contributed by atoms with Gasteiger partial charge in [0.2, 0.25) is 0 Å². The van der Waals surface area contributed by atoms with Crippen LogP contribution >= 0.6 is 0 Å². The van der Waals surface area contributed by atoms with E-state index < -0.39 is 5.60 Å². The van der Waals surface area contributed by atoms with E-state index in [1.54, 1.807) is 6.26 Å². The van der Waals surface area contributed by atoms with Crippen molar-refractivity contribution < 1.29 is 9.84 Å². The van der Waals surface area contributed by atoms with E-state index in [0.29, 0.717) is 11.8 Å². The molecule has 2 bridgehead atoms. The molecule has 0 radical (unpaired) electrons. The van der Waals surface area contributed by atoms with Crippen molar-refractivity contribution in [2.24, 2.45) is 11.8 Å². The molecule has 2 fully saturated rings. The molecule has 86 valence electrons. The van der Waals surface area contributed by atoms with Crippen LogP contribution in [0.25, 0.3) is 0 Å². The second-order valence-electron chi connectivity index (χ2n) is 5.96. The highest BCUT2D eigenvalue weighted by Gasteiger charge is 2.50. The predicted octanol–water partition coefficient (Wildman–Crippen LogP) is 2.87. The number of fused-ring (bicyclic) bond motifs is 2. The van der Waals surface area contributed by atoms with Crippen LogP contribution in [-0.4, -0.2) is 16.3 Å². The number of hydrogen-bond acceptors (Lipinski definition) is 2. The van der Waals surface area contributed by atoms with Crippen LogP contribution in [0.1, 0.15) is 46.0 Å². The first-order valence-electron chi connectivity index (χ1n) is 5.96. The van der Waals surface area contributed by atoms with E-state index in [2.05, 4.69) is 13.5 Å². The van der Waals surface area contributed by atoms with Gasteiger partial charge in [-0.2, -0.15) is 0 Å². The van der Waals surface area contributed by atoms with Gasteiger partial charge in [0.1, 0.15) is 5.60 Å². The minimum atomic E-state index is -0.550. The molecule has 0 aromatic carbocycles. The Kier molecular flexibility index (Phi) is 2.58. The van der Waals surface area contributed by atoms with Crippen molar-refractivity contribution >= 4 is 0 Å². The second kappa shape index (κ2) is 3.51. The summed E-state index contributed by atoms with van der Waals surface area (Å²) in [6.45, 7) is 7.89. The Balaban J connectivity index is 2.21. The van der Waals surface area contributed by atoms with Gasteiger partial charge in [-0.05, 0) is 44.4 Å². The Morgan fingerprint density at radius 3 is 2.80 bits per heavy atom. The van der Waals surface area contributed by atoms with Gasteiger partial charge in [0.05, 0.1) is 11.9 Å². The summed E-state index contributed by atoms with van der Waals surface area (Å²) < 4.78 is 5.75. The van der Waals surface area contributed by atoms with Crippen molar-refractivity contribution in [2.45, 2.75) is 57.2 Å². The molecule has 0 aromatic heterocycles. The molecule has 0 spiro atoms. The third kappa shape index (κ3) is 2.20. The zero-order valence-electron chi connectivity index (χ0n) is 9.83. The Morgan fingerprint density at radius 2 is 2.13 bits per heavy atom. The minimum Gasteiger partial charge on any atom is -0.495 e. The summed E-state index contributed by atoms with van der Waals surface area (Å²) in [6, 6.07) is 0. The monoisotopic (exact) mass is 210 g/mol. The fourth-order valence-electron chi connectivity index (χ4n) is 3.98. The van der Waals surface area contributed by atoms with E-state index in [4.69, 9.17) is 4.74 Å². The standard InChI is InChI=1S/C13H22O2/c1-4-15-13-6-10(2)5-11(8-13)7-12(3,14)9-13/h4,10-11,14H,1,5-9H2,2-3H3. The summed E-state index contributed by atoms with van der Waals surface area (Å²) in [6.07, 6.45) is 6.63. The summed E-state index contributed by atoms with van der Waals surface area (Å²) in [7, 11) is 0. The number of aliphatic hydroxyl groups is 1. The van der Waals surface area contributed by atoms with Crippen LogP contribution in [0, 0.1) is 11.8 Å². The van der Waals surface area contributed by atoms with E-state index >= 15 is 0 Å². The quantitative estimate of drug-likeness (QED) is 0.710. The third-order valence-corrected chi connectivity index (χ3v) is 3.88. The number of hydrogen-bond donors (Lipinski definition) is 1. The maximum atomic E-state index is 10.2. The van der Waals surface area contributed by atoms with E-state index in [1.807, 2.05) is 6.92 Å². The molecular weight excluding hydrogens is 188 g/mol. The summed E-state index contributed by atoms with van der Waals surface area (Å²) in [5.74, 6) is 1.33. The van der Waals surface area contributed by atoms with E-state index in [-0.39, 0.29) is 5.60 Å². The molecule has 2 aliphatic rings. The van der Waals surface area contributed by atoms with Crippen LogP contribution in [0.15, 0.2) is 12.8 Å². The highest BCUT2D eigenvalue weighted by atomic mass is 16.5. The smallest absolute Gasteiger partial charge is 0.111 e. The Hall–Kier alpha value is -0.500. The second-order valence-corrected chi connectivity index (χ2v) is 5.96. The molecule has 4 unspecified atom stereocenters. The van der Waals surface area contributed by atoms with Crippen molar-refractivity contribution in [1.82, 2.24) is 0 Å². The van der Waals surface area contributed by atoms with Crippen LogP contribution < -0.4 is 0 Å². The molecule has 0 aromatic rings. The summed E-state index contributed by atoms with van der Waals surface area (Å²) in [4.78, 5) is 0. The number of ether oxygens (including phenoxy) is 1. The zero-order chi connectivity index (χ0) is 11.1. The lowest BCUT2D eigenvalue weighted by Gasteiger charge is -2.51. The highest BCUT2D eigenvalue weighted by molar-refractivity contribution is 5.02. The molecular formula is C13H22O2. The maximum absolute atomic E-state index is 10.2. The van der Waals surface area contributed by atoms with E-state index in [0.717, 1.165) is 25.7 Å². The van der Waals surface area contributed by atoms with Crippen LogP contribution in [-0.2, 0) is 4.74 Å². The lowest BCUT2D eigenvalue weighted by Crippen LogP contribution is -2.52. The van der Waals surface area contributed by atoms with Gasteiger partial charge in [-0.15, -0.1) is 0 Å². The van der Waals surface area contributed by atoms with Crippen LogP contribution in [0.4, 0.5) is 0 Å². The van der Waals surface area contributed by atoms with Crippen molar-refractivity contribution in [3.05, 3.63) is 12.8 Å². The molecule has 0 aliphatic heterocycles. The molecule has 2 saturated carbocycles. The average molecular weight is 210 g/mol. The van der Waals surface area contributed by atoms with Gasteiger partial charge in [-0.3, -0.25) is 0 Å². The van der Waals surface area contributed by atoms with E-state index in [9.17, 15) is 5.11 Å². The van der Waals surface area contributed by atoms with Gasteiger partial charge in [-0.1, -0.05) is 13.5 Å². The molecule has 0 heterocycles. The van der Waals surface area contributed by atoms with Crippen molar-refractivity contribution in [3.8, 4) is 0 Å². The predicted molar refractivity (Wildman–Crippen MR) is 60.4 cm³/mol. The molecule has 15 heavy (non-hydrogen) atoms. The first-order valence-corrected chi connectivity index (χ1v) is 5.96. The molecule has 4 atom stereocenters. The summed E-state index contributed by atoms with van der Waals surface area (Å²) in [5, 5.41) is 10.2. The zero-order valence-corrected chi connectivity index (χ0v) is 9.83. The van der Waals surface area contributed by atoms with Gasteiger partial charge in [0, 0.05) is 6.42 Å². The van der Waals surface area contributed by atoms with Gasteiger partial charge in [-0.25, -0.2) is 0 Å². The topological polar surface area (TPSA) is 29.5 Å². The Morgan fingerprint density at radius 1 is 1.40 bits per heavy atom. The third-order valence-electron chi connectivity index (χ3n) is 3.88. The summed E-state index contributed by atoms with van der Waals surface area (Å²) in [5.41, 5.74) is -0.683. The molecule has 2 nitrogen and oxygen atoms in total. The normalized spacial score (nSPS) is 49.8. The number of rotatable bonds is 2. The lowest BCUT2D eigenvalue weighted by atomic mass is 9.61. The fraction of sp³-hybridized carbons (Fsp3) is 0.846. The molecule has 0 amide bonds. The molecule has 2 heteroatoms. The molecule has 2 aliphatic carbocycles. The van der Waals surface area contributed by atoms with E-state index in [1.165, 1.54) is 6.42 Å². The first-order chi connectivity index (χ1) is 6.95. The minimum absolute atomic E-state index is 0.133. The van der Waals surface area contributed by atoms with Crippen molar-refractivity contribution in [1.29, 1.82) is 0 Å². The molecule has 0 saturated heterocycles. The van der Waals surface area contributed by atoms with Gasteiger partial charge in [0.25, 0.3) is 0 Å². The Bertz CT molecular complexity index is 255. The lowest BCUT2D eigenvalue weighted by molar-refractivity contribution is -0.145. The van der Waals surface area contributed by atoms with Crippen LogP contribution in [0.3, 0.4) is 0 Å². The summed E-state index contributed by atoms with van der Waals surface area (Å²) >= 11 is 0. The largest absolute Gasteiger partial charge is 0.495 e. The van der Waals surface area contributed by atoms with Crippen molar-refractivity contribution in [3.63, 3.8) is 0 Å². The van der Waals surface area contributed by atoms with Crippen molar-refractivity contribution in [2.75, 3.05) is 0 Å². The SMILES string of the molecule is C=COC12CC(C)CC(CC(C)(O)C1)C2. The molecule has 1 N–H and O–H groups in total. The highest BCUT2D eigenvalue weighted by Crippen LogP contribution is 2.50. The van der Waals surface area contributed by atoms with Crippen LogP contribution in [0.5, 0.6) is 0 Å². The van der Waals surface area contributed by atoms with Crippen LogP contribution in [0.2, 0.25) is 0 Å². The van der Waals surface area contributed by atoms with Gasteiger partial charge in [0.15, 0.2) is 0 Å². The first kappa shape index (κ1) is 11.0. The maximum Gasteiger partial charge on any atom is 0.111 e. The Labute approximate surface area is 92.3 Å². The fourth-order valence-corrected chi connectivity index (χ4v) is 3.98. The van der Waals surface area contributed by atoms with Gasteiger partial charge >= 0.3 is 0 Å².